The molecule has 1 aliphatic carbocycles. The van der Waals surface area contributed by atoms with E-state index >= 15 is 0 Å². The predicted octanol–water partition coefficient (Wildman–Crippen LogP) is 2.20. The Kier molecular flexibility index (Phi) is 4.30. The van der Waals surface area contributed by atoms with Crippen LogP contribution in [0.5, 0.6) is 0 Å². The van der Waals surface area contributed by atoms with Crippen LogP contribution in [0.15, 0.2) is 0 Å². The van der Waals surface area contributed by atoms with E-state index in [2.05, 4.69) is 4.98 Å². The summed E-state index contributed by atoms with van der Waals surface area (Å²) in [6, 6.07) is 0. The molecule has 2 atom stereocenters. The smallest absolute Gasteiger partial charge is 0.255 e. The molecule has 0 radical (unpaired) electrons. The molecule has 4 nitrogen and oxygen atoms in total. The summed E-state index contributed by atoms with van der Waals surface area (Å²) >= 11 is 3.44. The summed E-state index contributed by atoms with van der Waals surface area (Å²) in [6.07, 6.45) is 3.95. The number of aliphatic hydroxyl groups is 1. The number of amides is 1. The van der Waals surface area contributed by atoms with E-state index in [1.54, 1.807) is 28.0 Å². The van der Waals surface area contributed by atoms with Crippen LogP contribution in [0.3, 0.4) is 0 Å². The first-order valence-corrected chi connectivity index (χ1v) is 9.48. The van der Waals surface area contributed by atoms with Gasteiger partial charge in [0.25, 0.3) is 5.91 Å². The molecule has 2 aliphatic rings. The number of thioether (sulfide) groups is 1. The van der Waals surface area contributed by atoms with Gasteiger partial charge in [-0.3, -0.25) is 4.79 Å². The minimum atomic E-state index is -1.14. The number of hydrogen-bond donors (Lipinski definition) is 1. The SMILES string of the molecule is Cc1nc2c(s1)CCCC2CN(C)C(=O)C1(O)CCSC1. The molecule has 1 aromatic rings. The summed E-state index contributed by atoms with van der Waals surface area (Å²) in [5.74, 6) is 1.61. The molecule has 1 N–H and O–H groups in total. The van der Waals surface area contributed by atoms with Crippen LogP contribution in [0, 0.1) is 6.92 Å². The van der Waals surface area contributed by atoms with Crippen LogP contribution in [0.4, 0.5) is 0 Å². The zero-order valence-corrected chi connectivity index (χ0v) is 14.2. The predicted molar refractivity (Wildman–Crippen MR) is 87.1 cm³/mol. The van der Waals surface area contributed by atoms with E-state index in [0.717, 1.165) is 23.6 Å². The van der Waals surface area contributed by atoms with Crippen molar-refractivity contribution in [2.75, 3.05) is 25.1 Å². The monoisotopic (exact) mass is 326 g/mol. The van der Waals surface area contributed by atoms with Crippen molar-refractivity contribution in [2.45, 2.75) is 44.1 Å². The van der Waals surface area contributed by atoms with Gasteiger partial charge in [-0.25, -0.2) is 4.98 Å². The molecule has 0 saturated carbocycles. The Morgan fingerprint density at radius 1 is 1.57 bits per heavy atom. The third-order valence-corrected chi connectivity index (χ3v) is 6.64. The Labute approximate surface area is 133 Å². The van der Waals surface area contributed by atoms with Gasteiger partial charge in [0.05, 0.1) is 10.7 Å². The first kappa shape index (κ1) is 15.3. The number of aromatic nitrogens is 1. The van der Waals surface area contributed by atoms with Crippen molar-refractivity contribution in [1.29, 1.82) is 0 Å². The molecule has 1 fully saturated rings. The van der Waals surface area contributed by atoms with Crippen LogP contribution in [0.2, 0.25) is 0 Å². The molecule has 2 heterocycles. The van der Waals surface area contributed by atoms with Gasteiger partial charge in [0, 0.05) is 30.1 Å². The third kappa shape index (κ3) is 2.98. The van der Waals surface area contributed by atoms with Crippen LogP contribution < -0.4 is 0 Å². The Balaban J connectivity index is 1.70. The quantitative estimate of drug-likeness (QED) is 0.925. The number of rotatable bonds is 3. The highest BCUT2D eigenvalue weighted by atomic mass is 32.2. The molecule has 21 heavy (non-hydrogen) atoms. The molecule has 1 aromatic heterocycles. The topological polar surface area (TPSA) is 53.4 Å². The second-order valence-corrected chi connectivity index (χ2v) is 8.54. The molecule has 3 rings (SSSR count). The van der Waals surface area contributed by atoms with E-state index in [4.69, 9.17) is 0 Å². The summed E-state index contributed by atoms with van der Waals surface area (Å²) in [5.41, 5.74) is 0.0470. The average Bonchev–Trinajstić information content (AvgIpc) is 3.04. The molecular weight excluding hydrogens is 304 g/mol. The second kappa shape index (κ2) is 5.89. The maximum Gasteiger partial charge on any atom is 0.255 e. The summed E-state index contributed by atoms with van der Waals surface area (Å²) in [4.78, 5) is 20.3. The van der Waals surface area contributed by atoms with Gasteiger partial charge in [0.15, 0.2) is 5.60 Å². The number of likely N-dealkylation sites (N-methyl/N-ethyl adjacent to an activating group) is 1. The summed E-state index contributed by atoms with van der Waals surface area (Å²) in [6.45, 7) is 2.72. The van der Waals surface area contributed by atoms with Gasteiger partial charge < -0.3 is 10.0 Å². The first-order valence-electron chi connectivity index (χ1n) is 7.51. The molecule has 0 spiro atoms. The van der Waals surface area contributed by atoms with Crippen LogP contribution in [0.25, 0.3) is 0 Å². The number of fused-ring (bicyclic) bond motifs is 1. The largest absolute Gasteiger partial charge is 0.379 e. The highest BCUT2D eigenvalue weighted by Gasteiger charge is 2.42. The second-order valence-electron chi connectivity index (χ2n) is 6.15. The molecule has 1 amide bonds. The zero-order chi connectivity index (χ0) is 15.0. The fourth-order valence-corrected chi connectivity index (χ4v) is 5.59. The Hall–Kier alpha value is -0.590. The van der Waals surface area contributed by atoms with Crippen molar-refractivity contribution in [3.8, 4) is 0 Å². The fraction of sp³-hybridized carbons (Fsp3) is 0.733. The van der Waals surface area contributed by atoms with E-state index in [0.29, 0.717) is 24.6 Å². The molecule has 6 heteroatoms. The fourth-order valence-electron chi connectivity index (χ4n) is 3.30. The minimum Gasteiger partial charge on any atom is -0.379 e. The summed E-state index contributed by atoms with van der Waals surface area (Å²) in [7, 11) is 1.82. The lowest BCUT2D eigenvalue weighted by atomic mass is 9.90. The van der Waals surface area contributed by atoms with E-state index in [1.807, 2.05) is 14.0 Å². The van der Waals surface area contributed by atoms with Gasteiger partial charge in [0.1, 0.15) is 0 Å². The van der Waals surface area contributed by atoms with Crippen molar-refractivity contribution in [1.82, 2.24) is 9.88 Å². The average molecular weight is 326 g/mol. The van der Waals surface area contributed by atoms with E-state index in [9.17, 15) is 9.90 Å². The van der Waals surface area contributed by atoms with E-state index in [-0.39, 0.29) is 5.91 Å². The van der Waals surface area contributed by atoms with Crippen LogP contribution >= 0.6 is 23.1 Å². The van der Waals surface area contributed by atoms with E-state index < -0.39 is 5.60 Å². The molecule has 0 aromatic carbocycles. The summed E-state index contributed by atoms with van der Waals surface area (Å²) in [5, 5.41) is 11.6. The van der Waals surface area contributed by atoms with Crippen LogP contribution in [-0.2, 0) is 11.2 Å². The van der Waals surface area contributed by atoms with Crippen LogP contribution in [-0.4, -0.2) is 51.6 Å². The van der Waals surface area contributed by atoms with Crippen molar-refractivity contribution < 1.29 is 9.90 Å². The molecule has 1 aliphatic heterocycles. The van der Waals surface area contributed by atoms with Gasteiger partial charge in [-0.2, -0.15) is 11.8 Å². The van der Waals surface area contributed by atoms with Crippen molar-refractivity contribution in [3.05, 3.63) is 15.6 Å². The molecule has 2 unspecified atom stereocenters. The van der Waals surface area contributed by atoms with E-state index in [1.165, 1.54) is 17.0 Å². The van der Waals surface area contributed by atoms with Gasteiger partial charge in [-0.15, -0.1) is 11.3 Å². The number of aryl methyl sites for hydroxylation is 2. The highest BCUT2D eigenvalue weighted by Crippen LogP contribution is 2.36. The zero-order valence-electron chi connectivity index (χ0n) is 12.6. The Bertz CT molecular complexity index is 538. The van der Waals surface area contributed by atoms with Crippen molar-refractivity contribution in [3.63, 3.8) is 0 Å². The number of carbonyl (C=O) groups excluding carboxylic acids is 1. The number of carbonyl (C=O) groups is 1. The van der Waals surface area contributed by atoms with Crippen LogP contribution in [0.1, 0.15) is 40.8 Å². The highest BCUT2D eigenvalue weighted by molar-refractivity contribution is 7.99. The Morgan fingerprint density at radius 3 is 3.10 bits per heavy atom. The molecular formula is C15H22N2O2S2. The molecule has 1 saturated heterocycles. The van der Waals surface area contributed by atoms with Gasteiger partial charge >= 0.3 is 0 Å². The lowest BCUT2D eigenvalue weighted by Crippen LogP contribution is -2.48. The van der Waals surface area contributed by atoms with Gasteiger partial charge in [-0.1, -0.05) is 0 Å². The normalized spacial score (nSPS) is 28.4. The summed E-state index contributed by atoms with van der Waals surface area (Å²) < 4.78 is 0. The number of nitrogens with zero attached hydrogens (tertiary/aromatic N) is 2. The van der Waals surface area contributed by atoms with Gasteiger partial charge in [0.2, 0.25) is 0 Å². The Morgan fingerprint density at radius 2 is 2.38 bits per heavy atom. The standard InChI is InChI=1S/C15H22N2O2S2/c1-10-16-13-11(4-3-5-12(13)21-10)8-17(2)14(18)15(19)6-7-20-9-15/h11,19H,3-9H2,1-2H3. The van der Waals surface area contributed by atoms with Crippen molar-refractivity contribution in [2.24, 2.45) is 0 Å². The minimum absolute atomic E-state index is 0.119. The molecule has 116 valence electrons. The maximum absolute atomic E-state index is 12.5. The lowest BCUT2D eigenvalue weighted by Gasteiger charge is -2.31. The first-order chi connectivity index (χ1) is 9.99. The molecule has 0 bridgehead atoms. The lowest BCUT2D eigenvalue weighted by molar-refractivity contribution is -0.147. The maximum atomic E-state index is 12.5. The van der Waals surface area contributed by atoms with Crippen molar-refractivity contribution >= 4 is 29.0 Å². The number of thiazole rings is 1. The third-order valence-electron chi connectivity index (χ3n) is 4.42. The van der Waals surface area contributed by atoms with Gasteiger partial charge in [-0.05, 0) is 38.4 Å². The number of hydrogen-bond acceptors (Lipinski definition) is 5.